The van der Waals surface area contributed by atoms with Gasteiger partial charge >= 0.3 is 12.1 Å². The van der Waals surface area contributed by atoms with Crippen molar-refractivity contribution in [2.45, 2.75) is 45.2 Å². The van der Waals surface area contributed by atoms with E-state index < -0.39 is 12.1 Å². The zero-order chi connectivity index (χ0) is 15.9. The topological polar surface area (TPSA) is 58.2 Å². The average molecular weight is 306 g/mol. The van der Waals surface area contributed by atoms with Crippen LogP contribution in [0.3, 0.4) is 0 Å². The molecule has 1 aliphatic rings. The van der Waals surface area contributed by atoms with Gasteiger partial charge in [-0.25, -0.2) is 0 Å². The molecular weight excluding hydrogens is 285 g/mol. The summed E-state index contributed by atoms with van der Waals surface area (Å²) in [6.07, 6.45) is 1.56. The van der Waals surface area contributed by atoms with Crippen molar-refractivity contribution in [3.63, 3.8) is 0 Å². The summed E-state index contributed by atoms with van der Waals surface area (Å²) in [5, 5.41) is 4.35. The molecule has 2 N–H and O–H groups in total. The van der Waals surface area contributed by atoms with Crippen LogP contribution < -0.4 is 10.6 Å². The summed E-state index contributed by atoms with van der Waals surface area (Å²) in [6, 6.07) is 0. The maximum Gasteiger partial charge on any atom is 0.471 e. The molecule has 0 aromatic heterocycles. The monoisotopic (exact) mass is 306 g/mol. The number of amides is 2. The van der Waals surface area contributed by atoms with Gasteiger partial charge in [-0.3, -0.25) is 9.59 Å². The summed E-state index contributed by atoms with van der Waals surface area (Å²) < 4.78 is 35.7. The lowest BCUT2D eigenvalue weighted by Crippen LogP contribution is -2.38. The van der Waals surface area contributed by atoms with Gasteiger partial charge in [0.25, 0.3) is 0 Å². The third-order valence-corrected chi connectivity index (χ3v) is 3.55. The maximum atomic E-state index is 11.9. The van der Waals surface area contributed by atoms with Crippen molar-refractivity contribution in [3.05, 3.63) is 11.6 Å². The molecule has 0 unspecified atom stereocenters. The van der Waals surface area contributed by atoms with Gasteiger partial charge in [-0.2, -0.15) is 13.2 Å². The lowest BCUT2D eigenvalue weighted by molar-refractivity contribution is -0.173. The Bertz CT molecular complexity index is 400. The molecule has 0 spiro atoms. The zero-order valence-corrected chi connectivity index (χ0v) is 12.1. The minimum absolute atomic E-state index is 0.121. The summed E-state index contributed by atoms with van der Waals surface area (Å²) in [5.74, 6) is -1.71. The first-order chi connectivity index (χ1) is 9.80. The standard InChI is InChI=1S/C14H21F3N2O2/c1-10(11-5-2-3-6-11)9-12(20)18-7-4-8-19-13(21)14(15,16)17/h9,11H,2-8H2,1H3,(H,18,20)(H,19,21)/b10-9+. The summed E-state index contributed by atoms with van der Waals surface area (Å²) in [5.41, 5.74) is 1.05. The molecule has 21 heavy (non-hydrogen) atoms. The average Bonchev–Trinajstić information content (AvgIpc) is 2.90. The zero-order valence-electron chi connectivity index (χ0n) is 12.1. The van der Waals surface area contributed by atoms with E-state index in [9.17, 15) is 22.8 Å². The van der Waals surface area contributed by atoms with Crippen molar-refractivity contribution in [1.82, 2.24) is 10.6 Å². The van der Waals surface area contributed by atoms with Gasteiger partial charge in [0.1, 0.15) is 0 Å². The first-order valence-corrected chi connectivity index (χ1v) is 7.11. The van der Waals surface area contributed by atoms with Crippen LogP contribution in [-0.4, -0.2) is 31.1 Å². The van der Waals surface area contributed by atoms with Gasteiger partial charge in [0.15, 0.2) is 0 Å². The minimum atomic E-state index is -4.86. The van der Waals surface area contributed by atoms with E-state index in [1.54, 1.807) is 11.4 Å². The summed E-state index contributed by atoms with van der Waals surface area (Å²) in [7, 11) is 0. The Morgan fingerprint density at radius 1 is 1.14 bits per heavy atom. The van der Waals surface area contributed by atoms with Crippen molar-refractivity contribution in [2.24, 2.45) is 5.92 Å². The van der Waals surface area contributed by atoms with Crippen molar-refractivity contribution < 1.29 is 22.8 Å². The van der Waals surface area contributed by atoms with Gasteiger partial charge in [0.2, 0.25) is 5.91 Å². The molecule has 0 radical (unpaired) electrons. The van der Waals surface area contributed by atoms with Gasteiger partial charge in [-0.05, 0) is 32.1 Å². The van der Waals surface area contributed by atoms with Gasteiger partial charge in [-0.1, -0.05) is 18.4 Å². The molecule has 120 valence electrons. The highest BCUT2D eigenvalue weighted by molar-refractivity contribution is 5.88. The second-order valence-electron chi connectivity index (χ2n) is 5.27. The van der Waals surface area contributed by atoms with Crippen LogP contribution in [0.1, 0.15) is 39.0 Å². The molecule has 2 amide bonds. The molecule has 1 saturated carbocycles. The van der Waals surface area contributed by atoms with E-state index in [0.717, 1.165) is 18.4 Å². The summed E-state index contributed by atoms with van der Waals surface area (Å²) in [4.78, 5) is 22.1. The van der Waals surface area contributed by atoms with Crippen LogP contribution >= 0.6 is 0 Å². The molecule has 7 heteroatoms. The van der Waals surface area contributed by atoms with Crippen LogP contribution in [0.5, 0.6) is 0 Å². The molecule has 0 saturated heterocycles. The highest BCUT2D eigenvalue weighted by atomic mass is 19.4. The number of rotatable bonds is 6. The largest absolute Gasteiger partial charge is 0.471 e. The fraction of sp³-hybridized carbons (Fsp3) is 0.714. The van der Waals surface area contributed by atoms with Crippen LogP contribution in [0.2, 0.25) is 0 Å². The van der Waals surface area contributed by atoms with E-state index in [1.807, 2.05) is 6.92 Å². The van der Waals surface area contributed by atoms with Gasteiger partial charge < -0.3 is 10.6 Å². The van der Waals surface area contributed by atoms with Gasteiger partial charge in [0, 0.05) is 19.2 Å². The smallest absolute Gasteiger partial charge is 0.352 e. The third kappa shape index (κ3) is 6.64. The van der Waals surface area contributed by atoms with E-state index in [0.29, 0.717) is 5.92 Å². The highest BCUT2D eigenvalue weighted by Crippen LogP contribution is 2.30. The van der Waals surface area contributed by atoms with Gasteiger partial charge in [0.05, 0.1) is 0 Å². The van der Waals surface area contributed by atoms with E-state index in [2.05, 4.69) is 5.32 Å². The molecule has 4 nitrogen and oxygen atoms in total. The molecule has 0 aliphatic heterocycles. The van der Waals surface area contributed by atoms with Crippen molar-refractivity contribution in [1.29, 1.82) is 0 Å². The number of carbonyl (C=O) groups is 2. The third-order valence-electron chi connectivity index (χ3n) is 3.55. The van der Waals surface area contributed by atoms with E-state index in [-0.39, 0.29) is 25.4 Å². The van der Waals surface area contributed by atoms with Crippen LogP contribution in [0.15, 0.2) is 11.6 Å². The van der Waals surface area contributed by atoms with E-state index >= 15 is 0 Å². The quantitative estimate of drug-likeness (QED) is 0.584. The predicted molar refractivity (Wildman–Crippen MR) is 72.4 cm³/mol. The Balaban J connectivity index is 2.16. The molecule has 0 aromatic rings. The van der Waals surface area contributed by atoms with Crippen LogP contribution in [0, 0.1) is 5.92 Å². The van der Waals surface area contributed by atoms with Crippen LogP contribution in [-0.2, 0) is 9.59 Å². The summed E-state index contributed by atoms with van der Waals surface area (Å²) >= 11 is 0. The number of halogens is 3. The van der Waals surface area contributed by atoms with Gasteiger partial charge in [-0.15, -0.1) is 0 Å². The number of carbonyl (C=O) groups excluding carboxylic acids is 2. The Hall–Kier alpha value is -1.53. The van der Waals surface area contributed by atoms with Crippen molar-refractivity contribution in [3.8, 4) is 0 Å². The first-order valence-electron chi connectivity index (χ1n) is 7.11. The number of allylic oxidation sites excluding steroid dienone is 1. The Morgan fingerprint density at radius 2 is 1.71 bits per heavy atom. The second-order valence-corrected chi connectivity index (χ2v) is 5.27. The molecule has 1 rings (SSSR count). The number of hydrogen-bond acceptors (Lipinski definition) is 2. The maximum absolute atomic E-state index is 11.9. The Morgan fingerprint density at radius 3 is 2.29 bits per heavy atom. The number of nitrogens with one attached hydrogen (secondary N) is 2. The molecule has 0 aromatic carbocycles. The molecule has 0 heterocycles. The highest BCUT2D eigenvalue weighted by Gasteiger charge is 2.38. The fourth-order valence-corrected chi connectivity index (χ4v) is 2.36. The van der Waals surface area contributed by atoms with Crippen molar-refractivity contribution in [2.75, 3.05) is 13.1 Å². The Labute approximate surface area is 122 Å². The molecule has 1 fully saturated rings. The first kappa shape index (κ1) is 17.5. The molecule has 1 aliphatic carbocycles. The predicted octanol–water partition coefficient (Wildman–Crippen LogP) is 2.31. The lowest BCUT2D eigenvalue weighted by atomic mass is 9.99. The normalized spacial score (nSPS) is 16.9. The number of alkyl halides is 3. The van der Waals surface area contributed by atoms with E-state index in [1.165, 1.54) is 12.8 Å². The molecule has 0 atom stereocenters. The second kappa shape index (κ2) is 8.05. The molecule has 0 bridgehead atoms. The number of hydrogen-bond donors (Lipinski definition) is 2. The van der Waals surface area contributed by atoms with Crippen LogP contribution in [0.25, 0.3) is 0 Å². The fourth-order valence-electron chi connectivity index (χ4n) is 2.36. The van der Waals surface area contributed by atoms with E-state index in [4.69, 9.17) is 0 Å². The lowest BCUT2D eigenvalue weighted by Gasteiger charge is -2.10. The molecular formula is C14H21F3N2O2. The minimum Gasteiger partial charge on any atom is -0.352 e. The van der Waals surface area contributed by atoms with Crippen LogP contribution in [0.4, 0.5) is 13.2 Å². The SMILES string of the molecule is C/C(=C\C(=O)NCCCNC(=O)C(F)(F)F)C1CCCC1. The van der Waals surface area contributed by atoms with Crippen molar-refractivity contribution >= 4 is 11.8 Å². The summed E-state index contributed by atoms with van der Waals surface area (Å²) in [6.45, 7) is 2.04. The Kier molecular flexibility index (Phi) is 6.71.